The van der Waals surface area contributed by atoms with Crippen LogP contribution in [0.15, 0.2) is 66.0 Å². The monoisotopic (exact) mass is 411 g/mol. The molecule has 0 bridgehead atoms. The summed E-state index contributed by atoms with van der Waals surface area (Å²) in [6.07, 6.45) is 0.635. The fraction of sp³-hybridized carbons (Fsp3) is 0.182. The summed E-state index contributed by atoms with van der Waals surface area (Å²) >= 11 is 1.37. The molecule has 0 aliphatic heterocycles. The Hall–Kier alpha value is -3.03. The predicted molar refractivity (Wildman–Crippen MR) is 114 cm³/mol. The van der Waals surface area contributed by atoms with Gasteiger partial charge < -0.3 is 16.0 Å². The maximum atomic E-state index is 13.5. The number of nitrogens with one attached hydrogen (secondary N) is 1. The first-order valence-electron chi connectivity index (χ1n) is 9.25. The highest BCUT2D eigenvalue weighted by Gasteiger charge is 2.17. The third-order valence-electron chi connectivity index (χ3n) is 4.29. The quantitative estimate of drug-likeness (QED) is 0.585. The molecule has 3 aromatic rings. The van der Waals surface area contributed by atoms with Crippen molar-refractivity contribution in [3.63, 3.8) is 0 Å². The number of carbonyl (C=O) groups is 2. The van der Waals surface area contributed by atoms with Crippen LogP contribution >= 0.6 is 11.3 Å². The summed E-state index contributed by atoms with van der Waals surface area (Å²) in [5, 5.41) is 4.71. The molecule has 7 heteroatoms. The summed E-state index contributed by atoms with van der Waals surface area (Å²) in [5.41, 5.74) is 7.42. The molecule has 2 amide bonds. The maximum Gasteiger partial charge on any atom is 0.265 e. The average Bonchev–Trinajstić information content (AvgIpc) is 3.26. The van der Waals surface area contributed by atoms with Gasteiger partial charge in [0.15, 0.2) is 0 Å². The summed E-state index contributed by atoms with van der Waals surface area (Å²) < 4.78 is 13.5. The first kappa shape index (κ1) is 20.7. The van der Waals surface area contributed by atoms with Crippen molar-refractivity contribution >= 4 is 28.8 Å². The molecule has 3 N–H and O–H groups in total. The van der Waals surface area contributed by atoms with Crippen molar-refractivity contribution < 1.29 is 14.0 Å². The van der Waals surface area contributed by atoms with Gasteiger partial charge in [0.05, 0.1) is 4.88 Å². The zero-order chi connectivity index (χ0) is 20.6. The zero-order valence-electron chi connectivity index (χ0n) is 15.8. The van der Waals surface area contributed by atoms with E-state index in [0.717, 1.165) is 5.56 Å². The van der Waals surface area contributed by atoms with E-state index in [9.17, 15) is 14.0 Å². The summed E-state index contributed by atoms with van der Waals surface area (Å²) in [7, 11) is 0. The number of nitrogens with two attached hydrogens (primary N) is 1. The van der Waals surface area contributed by atoms with Crippen molar-refractivity contribution in [3.05, 3.63) is 87.9 Å². The molecular formula is C22H22FN3O2S. The largest absolute Gasteiger partial charge is 0.334 e. The lowest BCUT2D eigenvalue weighted by Crippen LogP contribution is -2.32. The van der Waals surface area contributed by atoms with E-state index in [1.54, 1.807) is 23.1 Å². The van der Waals surface area contributed by atoms with Crippen LogP contribution in [0.1, 0.15) is 32.0 Å². The van der Waals surface area contributed by atoms with Gasteiger partial charge in [-0.2, -0.15) is 0 Å². The van der Waals surface area contributed by atoms with E-state index in [4.69, 9.17) is 5.73 Å². The number of rotatable bonds is 8. The van der Waals surface area contributed by atoms with E-state index >= 15 is 0 Å². The molecule has 1 heterocycles. The van der Waals surface area contributed by atoms with Gasteiger partial charge in [-0.25, -0.2) is 4.39 Å². The third kappa shape index (κ3) is 5.73. The lowest BCUT2D eigenvalue weighted by molar-refractivity contribution is 0.0741. The minimum absolute atomic E-state index is 0.173. The number of anilines is 1. The highest BCUT2D eigenvalue weighted by atomic mass is 32.1. The van der Waals surface area contributed by atoms with Gasteiger partial charge in [-0.15, -0.1) is 11.3 Å². The number of thiophene rings is 1. The van der Waals surface area contributed by atoms with Crippen LogP contribution in [0.5, 0.6) is 0 Å². The van der Waals surface area contributed by atoms with Crippen LogP contribution in [0.3, 0.4) is 0 Å². The molecule has 0 atom stereocenters. The van der Waals surface area contributed by atoms with Crippen molar-refractivity contribution in [2.24, 2.45) is 5.73 Å². The Morgan fingerprint density at radius 2 is 1.90 bits per heavy atom. The minimum Gasteiger partial charge on any atom is -0.334 e. The van der Waals surface area contributed by atoms with Crippen LogP contribution in [-0.2, 0) is 6.54 Å². The first-order valence-corrected chi connectivity index (χ1v) is 10.1. The number of hydrogen-bond donors (Lipinski definition) is 2. The topological polar surface area (TPSA) is 75.4 Å². The van der Waals surface area contributed by atoms with E-state index in [-0.39, 0.29) is 11.8 Å². The Bertz CT molecular complexity index is 976. The standard InChI is InChI=1S/C22H22FN3O2S/c23-18-7-2-6-17(14-18)22(28)26(11-4-10-24)15-16-5-1-8-19(13-16)25-21(27)20-9-3-12-29-20/h1-3,5-9,12-14H,4,10-11,15,24H2,(H,25,27). The minimum atomic E-state index is -0.451. The van der Waals surface area contributed by atoms with E-state index in [1.165, 1.54) is 29.5 Å². The molecule has 0 radical (unpaired) electrons. The fourth-order valence-corrected chi connectivity index (χ4v) is 3.53. The van der Waals surface area contributed by atoms with Crippen molar-refractivity contribution in [2.75, 3.05) is 18.4 Å². The Balaban J connectivity index is 1.75. The molecule has 0 saturated carbocycles. The first-order chi connectivity index (χ1) is 14.1. The molecule has 0 fully saturated rings. The zero-order valence-corrected chi connectivity index (χ0v) is 16.6. The van der Waals surface area contributed by atoms with E-state index in [0.29, 0.717) is 42.2 Å². The molecule has 150 valence electrons. The molecule has 0 aliphatic carbocycles. The lowest BCUT2D eigenvalue weighted by Gasteiger charge is -2.23. The number of amides is 2. The summed E-state index contributed by atoms with van der Waals surface area (Å²) in [5.74, 6) is -0.883. The van der Waals surface area contributed by atoms with Crippen LogP contribution in [0, 0.1) is 5.82 Å². The van der Waals surface area contributed by atoms with Gasteiger partial charge >= 0.3 is 0 Å². The molecule has 2 aromatic carbocycles. The van der Waals surface area contributed by atoms with Crippen LogP contribution in [0.4, 0.5) is 10.1 Å². The van der Waals surface area contributed by atoms with Crippen molar-refractivity contribution in [1.29, 1.82) is 0 Å². The van der Waals surface area contributed by atoms with Gasteiger partial charge in [0.25, 0.3) is 11.8 Å². The van der Waals surface area contributed by atoms with E-state index in [2.05, 4.69) is 5.32 Å². The number of hydrogen-bond acceptors (Lipinski definition) is 4. The molecule has 0 unspecified atom stereocenters. The highest BCUT2D eigenvalue weighted by molar-refractivity contribution is 7.12. The normalized spacial score (nSPS) is 10.6. The lowest BCUT2D eigenvalue weighted by atomic mass is 10.1. The number of benzene rings is 2. The number of halogens is 1. The van der Waals surface area contributed by atoms with Gasteiger partial charge in [0.2, 0.25) is 0 Å². The van der Waals surface area contributed by atoms with Crippen LogP contribution < -0.4 is 11.1 Å². The third-order valence-corrected chi connectivity index (χ3v) is 5.16. The van der Waals surface area contributed by atoms with Crippen molar-refractivity contribution in [2.45, 2.75) is 13.0 Å². The molecule has 0 aliphatic rings. The Morgan fingerprint density at radius 1 is 1.07 bits per heavy atom. The smallest absolute Gasteiger partial charge is 0.265 e. The van der Waals surface area contributed by atoms with Crippen LogP contribution in [0.25, 0.3) is 0 Å². The number of nitrogens with zero attached hydrogens (tertiary/aromatic N) is 1. The van der Waals surface area contributed by atoms with Crippen LogP contribution in [0.2, 0.25) is 0 Å². The van der Waals surface area contributed by atoms with E-state index in [1.807, 2.05) is 29.6 Å². The summed E-state index contributed by atoms with van der Waals surface area (Å²) in [6, 6.07) is 16.6. The van der Waals surface area contributed by atoms with Crippen molar-refractivity contribution in [1.82, 2.24) is 4.90 Å². The summed E-state index contributed by atoms with van der Waals surface area (Å²) in [6.45, 7) is 1.24. The molecule has 29 heavy (non-hydrogen) atoms. The van der Waals surface area contributed by atoms with Gasteiger partial charge in [-0.3, -0.25) is 9.59 Å². The SMILES string of the molecule is NCCCN(Cc1cccc(NC(=O)c2cccs2)c1)C(=O)c1cccc(F)c1. The average molecular weight is 412 g/mol. The molecule has 0 spiro atoms. The van der Waals surface area contributed by atoms with Crippen molar-refractivity contribution in [3.8, 4) is 0 Å². The number of carbonyl (C=O) groups excluding carboxylic acids is 2. The maximum absolute atomic E-state index is 13.5. The fourth-order valence-electron chi connectivity index (χ4n) is 2.91. The van der Waals surface area contributed by atoms with Gasteiger partial charge in [-0.1, -0.05) is 24.3 Å². The molecular weight excluding hydrogens is 389 g/mol. The van der Waals surface area contributed by atoms with Gasteiger partial charge in [0, 0.05) is 24.3 Å². The molecule has 5 nitrogen and oxygen atoms in total. The van der Waals surface area contributed by atoms with Crippen LogP contribution in [-0.4, -0.2) is 29.8 Å². The molecule has 3 rings (SSSR count). The highest BCUT2D eigenvalue weighted by Crippen LogP contribution is 2.17. The second-order valence-electron chi connectivity index (χ2n) is 6.51. The Kier molecular flexibility index (Phi) is 7.10. The molecule has 1 aromatic heterocycles. The molecule has 0 saturated heterocycles. The Labute approximate surface area is 173 Å². The second kappa shape index (κ2) is 9.95. The second-order valence-corrected chi connectivity index (χ2v) is 7.46. The van der Waals surface area contributed by atoms with E-state index < -0.39 is 5.82 Å². The van der Waals surface area contributed by atoms with Gasteiger partial charge in [0.1, 0.15) is 5.82 Å². The Morgan fingerprint density at radius 3 is 2.62 bits per heavy atom. The summed E-state index contributed by atoms with van der Waals surface area (Å²) in [4.78, 5) is 27.4. The predicted octanol–water partition coefficient (Wildman–Crippen LogP) is 4.13. The van der Waals surface area contributed by atoms with Gasteiger partial charge in [-0.05, 0) is 60.3 Å².